The Bertz CT molecular complexity index is 932. The van der Waals surface area contributed by atoms with Gasteiger partial charge < -0.3 is 9.64 Å². The lowest BCUT2D eigenvalue weighted by Gasteiger charge is -2.25. The number of Topliss-reactive ketones (excluding diaryl/α,β-unsaturated/α-hetero) is 1. The summed E-state index contributed by atoms with van der Waals surface area (Å²) in [6.07, 6.45) is 1.71. The SMILES string of the molecule is CC(=O)c1ccc(S(=O)(=O)N(Cc2ccc(N(C)C)cc2)C[C@@H]2CCCO2)cc1. The van der Waals surface area contributed by atoms with Crippen LogP contribution in [0.1, 0.15) is 35.7 Å². The van der Waals surface area contributed by atoms with Crippen LogP contribution in [0.15, 0.2) is 53.4 Å². The Morgan fingerprint density at radius 2 is 1.72 bits per heavy atom. The largest absolute Gasteiger partial charge is 0.378 e. The second kappa shape index (κ2) is 9.07. The summed E-state index contributed by atoms with van der Waals surface area (Å²) in [5.74, 6) is -0.0915. The fourth-order valence-electron chi connectivity index (χ4n) is 3.38. The number of ketones is 1. The minimum Gasteiger partial charge on any atom is -0.378 e. The van der Waals surface area contributed by atoms with Crippen LogP contribution in [-0.4, -0.2) is 51.9 Å². The lowest BCUT2D eigenvalue weighted by Crippen LogP contribution is -2.37. The molecule has 1 saturated heterocycles. The highest BCUT2D eigenvalue weighted by molar-refractivity contribution is 7.89. The number of carbonyl (C=O) groups is 1. The van der Waals surface area contributed by atoms with E-state index in [2.05, 4.69) is 0 Å². The van der Waals surface area contributed by atoms with Gasteiger partial charge >= 0.3 is 0 Å². The van der Waals surface area contributed by atoms with E-state index in [1.807, 2.05) is 43.3 Å². The molecule has 0 unspecified atom stereocenters. The van der Waals surface area contributed by atoms with Crippen molar-refractivity contribution in [3.8, 4) is 0 Å². The normalized spacial score (nSPS) is 16.9. The van der Waals surface area contributed by atoms with Crippen LogP contribution in [0.4, 0.5) is 5.69 Å². The molecule has 6 nitrogen and oxygen atoms in total. The van der Waals surface area contributed by atoms with Crippen LogP contribution in [0.5, 0.6) is 0 Å². The molecule has 0 N–H and O–H groups in total. The molecular weight excluding hydrogens is 388 g/mol. The Morgan fingerprint density at radius 1 is 1.07 bits per heavy atom. The van der Waals surface area contributed by atoms with Gasteiger partial charge in [0.05, 0.1) is 11.0 Å². The molecule has 2 aromatic carbocycles. The van der Waals surface area contributed by atoms with E-state index in [4.69, 9.17) is 4.74 Å². The molecule has 29 heavy (non-hydrogen) atoms. The molecule has 0 aliphatic carbocycles. The minimum atomic E-state index is -3.72. The van der Waals surface area contributed by atoms with E-state index in [0.29, 0.717) is 18.7 Å². The predicted molar refractivity (Wildman–Crippen MR) is 114 cm³/mol. The number of hydrogen-bond acceptors (Lipinski definition) is 5. The average Bonchev–Trinajstić information content (AvgIpc) is 3.21. The van der Waals surface area contributed by atoms with Crippen molar-refractivity contribution in [2.24, 2.45) is 0 Å². The highest BCUT2D eigenvalue weighted by Gasteiger charge is 2.29. The molecule has 0 radical (unpaired) electrons. The third kappa shape index (κ3) is 5.23. The fourth-order valence-corrected chi connectivity index (χ4v) is 4.84. The van der Waals surface area contributed by atoms with Gasteiger partial charge in [-0.3, -0.25) is 4.79 Å². The maximum Gasteiger partial charge on any atom is 0.243 e. The van der Waals surface area contributed by atoms with Gasteiger partial charge in [-0.25, -0.2) is 8.42 Å². The van der Waals surface area contributed by atoms with Gasteiger partial charge in [-0.15, -0.1) is 0 Å². The van der Waals surface area contributed by atoms with E-state index in [-0.39, 0.29) is 23.3 Å². The zero-order chi connectivity index (χ0) is 21.0. The van der Waals surface area contributed by atoms with E-state index >= 15 is 0 Å². The number of hydrogen-bond donors (Lipinski definition) is 0. The van der Waals surface area contributed by atoms with E-state index in [1.165, 1.54) is 23.4 Å². The van der Waals surface area contributed by atoms with Crippen molar-refractivity contribution in [2.45, 2.75) is 37.3 Å². The smallest absolute Gasteiger partial charge is 0.243 e. The first-order valence-corrected chi connectivity index (χ1v) is 11.2. The van der Waals surface area contributed by atoms with Crippen molar-refractivity contribution >= 4 is 21.5 Å². The highest BCUT2D eigenvalue weighted by Crippen LogP contribution is 2.23. The van der Waals surface area contributed by atoms with Gasteiger partial charge in [-0.2, -0.15) is 4.31 Å². The summed E-state index contributed by atoms with van der Waals surface area (Å²) in [5.41, 5.74) is 2.47. The second-order valence-electron chi connectivity index (χ2n) is 7.57. The maximum absolute atomic E-state index is 13.4. The molecule has 0 bridgehead atoms. The van der Waals surface area contributed by atoms with E-state index in [0.717, 1.165) is 24.1 Å². The third-order valence-corrected chi connectivity index (χ3v) is 6.97. The summed E-state index contributed by atoms with van der Waals surface area (Å²) in [6, 6.07) is 14.0. The van der Waals surface area contributed by atoms with E-state index in [9.17, 15) is 13.2 Å². The van der Waals surface area contributed by atoms with Crippen molar-refractivity contribution in [1.29, 1.82) is 0 Å². The molecule has 0 spiro atoms. The molecule has 7 heteroatoms. The summed E-state index contributed by atoms with van der Waals surface area (Å²) >= 11 is 0. The number of nitrogens with zero attached hydrogens (tertiary/aromatic N) is 2. The number of sulfonamides is 1. The summed E-state index contributed by atoms with van der Waals surface area (Å²) in [4.78, 5) is 13.7. The molecular formula is C22H28N2O4S. The molecule has 2 aromatic rings. The quantitative estimate of drug-likeness (QED) is 0.618. The molecule has 0 amide bonds. The number of carbonyl (C=O) groups excluding carboxylic acids is 1. The molecule has 1 atom stereocenters. The van der Waals surface area contributed by atoms with Gasteiger partial charge in [0.15, 0.2) is 5.78 Å². The highest BCUT2D eigenvalue weighted by atomic mass is 32.2. The summed E-state index contributed by atoms with van der Waals surface area (Å²) in [6.45, 7) is 2.71. The average molecular weight is 417 g/mol. The fraction of sp³-hybridized carbons (Fsp3) is 0.409. The third-order valence-electron chi connectivity index (χ3n) is 5.14. The topological polar surface area (TPSA) is 66.9 Å². The van der Waals surface area contributed by atoms with E-state index < -0.39 is 10.0 Å². The van der Waals surface area contributed by atoms with Crippen molar-refractivity contribution in [1.82, 2.24) is 4.31 Å². The Kier molecular flexibility index (Phi) is 6.72. The Balaban J connectivity index is 1.87. The van der Waals surface area contributed by atoms with Gasteiger partial charge in [0.2, 0.25) is 10.0 Å². The summed E-state index contributed by atoms with van der Waals surface area (Å²) in [7, 11) is 0.208. The van der Waals surface area contributed by atoms with Gasteiger partial charge in [-0.1, -0.05) is 24.3 Å². The molecule has 1 aliphatic heterocycles. The van der Waals surface area contributed by atoms with Crippen LogP contribution in [-0.2, 0) is 21.3 Å². The van der Waals surface area contributed by atoms with Gasteiger partial charge in [-0.05, 0) is 49.6 Å². The van der Waals surface area contributed by atoms with Crippen molar-refractivity contribution in [2.75, 3.05) is 32.1 Å². The first kappa shape index (κ1) is 21.5. The zero-order valence-corrected chi connectivity index (χ0v) is 18.0. The minimum absolute atomic E-state index is 0.0915. The summed E-state index contributed by atoms with van der Waals surface area (Å²) in [5, 5.41) is 0. The summed E-state index contributed by atoms with van der Waals surface area (Å²) < 4.78 is 33.9. The van der Waals surface area contributed by atoms with Crippen LogP contribution in [0, 0.1) is 0 Å². The number of anilines is 1. The Morgan fingerprint density at radius 3 is 2.24 bits per heavy atom. The van der Waals surface area contributed by atoms with Crippen LogP contribution in [0.3, 0.4) is 0 Å². The molecule has 1 heterocycles. The van der Waals surface area contributed by atoms with Gasteiger partial charge in [0.1, 0.15) is 0 Å². The van der Waals surface area contributed by atoms with Crippen LogP contribution >= 0.6 is 0 Å². The lowest BCUT2D eigenvalue weighted by molar-refractivity contribution is 0.0926. The zero-order valence-electron chi connectivity index (χ0n) is 17.2. The Labute approximate surface area is 173 Å². The van der Waals surface area contributed by atoms with Crippen molar-refractivity contribution < 1.29 is 17.9 Å². The molecule has 1 aliphatic rings. The monoisotopic (exact) mass is 416 g/mol. The second-order valence-corrected chi connectivity index (χ2v) is 9.51. The molecule has 1 fully saturated rings. The van der Waals surface area contributed by atoms with Crippen molar-refractivity contribution in [3.63, 3.8) is 0 Å². The number of rotatable bonds is 8. The first-order chi connectivity index (χ1) is 13.8. The molecule has 156 valence electrons. The number of ether oxygens (including phenoxy) is 1. The van der Waals surface area contributed by atoms with Crippen LogP contribution in [0.2, 0.25) is 0 Å². The van der Waals surface area contributed by atoms with Crippen LogP contribution in [0.25, 0.3) is 0 Å². The lowest BCUT2D eigenvalue weighted by atomic mass is 10.2. The maximum atomic E-state index is 13.4. The van der Waals surface area contributed by atoms with E-state index in [1.54, 1.807) is 12.1 Å². The van der Waals surface area contributed by atoms with Gasteiger partial charge in [0.25, 0.3) is 0 Å². The number of benzene rings is 2. The first-order valence-electron chi connectivity index (χ1n) is 9.76. The van der Waals surface area contributed by atoms with Crippen LogP contribution < -0.4 is 4.90 Å². The van der Waals surface area contributed by atoms with Crippen molar-refractivity contribution in [3.05, 3.63) is 59.7 Å². The molecule has 0 saturated carbocycles. The predicted octanol–water partition coefficient (Wildman–Crippen LogP) is 3.33. The Hall–Kier alpha value is -2.22. The molecule has 3 rings (SSSR count). The van der Waals surface area contributed by atoms with Gasteiger partial charge in [0, 0.05) is 45.0 Å². The standard InChI is InChI=1S/C22H28N2O4S/c1-17(25)19-8-12-22(13-9-19)29(26,27)24(16-21-5-4-14-28-21)15-18-6-10-20(11-7-18)23(2)3/h6-13,21H,4-5,14-16H2,1-3H3/t21-/m0/s1. The molecule has 0 aromatic heterocycles.